The second-order valence-corrected chi connectivity index (χ2v) is 28.9. The van der Waals surface area contributed by atoms with Crippen LogP contribution in [0, 0.1) is 0 Å². The Morgan fingerprint density at radius 3 is 0.867 bits per heavy atom. The highest BCUT2D eigenvalue weighted by Crippen LogP contribution is 2.45. The number of unbranched alkanes of at least 4 members (excludes halogenated alkanes) is 33. The van der Waals surface area contributed by atoms with Gasteiger partial charge >= 0.3 is 39.5 Å². The molecule has 568 valence electrons. The van der Waals surface area contributed by atoms with Gasteiger partial charge in [0, 0.05) is 25.7 Å². The maximum atomic E-state index is 13.1. The standard InChI is InChI=1S/C79H140O17P2/c1-5-9-13-17-21-25-29-33-34-35-36-37-38-42-46-50-54-58-62-66-79(84)96-75(70-90-77(82)64-60-56-52-48-44-40-31-27-23-19-15-11-7-3)72-94-98(87,88)92-68-73(80)67-91-97(85,86)93-71-74(95-78(83)65-61-57-53-49-45-41-32-28-24-20-16-12-8-4)69-89-76(81)63-59-55-51-47-43-39-30-26-22-18-14-10-6-2/h21,25,27-28,31-34,36-37,42,46,54,58,73-75,80H,5-20,22-24,26,29-30,35,38-41,43-45,47-53,55-57,59-72H2,1-4H3,(H,85,86)(H,87,88)/b25-21-,31-27-,32-28-,34-33-,37-36-,46-42-,58-54-/t73-,74+,75+/m0/s1. The van der Waals surface area contributed by atoms with Gasteiger partial charge in [0.05, 0.1) is 26.4 Å². The first-order valence-electron chi connectivity index (χ1n) is 38.8. The zero-order chi connectivity index (χ0) is 71.8. The van der Waals surface area contributed by atoms with E-state index in [1.165, 1.54) is 128 Å². The number of phosphoric ester groups is 2. The number of aliphatic hydroxyl groups is 1. The molecule has 0 radical (unpaired) electrons. The summed E-state index contributed by atoms with van der Waals surface area (Å²) in [7, 11) is -9.97. The smallest absolute Gasteiger partial charge is 0.462 e. The predicted molar refractivity (Wildman–Crippen MR) is 399 cm³/mol. The van der Waals surface area contributed by atoms with E-state index in [2.05, 4.69) is 94.5 Å². The molecule has 0 aliphatic heterocycles. The van der Waals surface area contributed by atoms with Crippen LogP contribution in [0.4, 0.5) is 0 Å². The minimum atomic E-state index is -4.99. The van der Waals surface area contributed by atoms with Crippen molar-refractivity contribution in [2.75, 3.05) is 39.6 Å². The van der Waals surface area contributed by atoms with Gasteiger partial charge in [-0.25, -0.2) is 9.13 Å². The van der Waals surface area contributed by atoms with Crippen LogP contribution in [0.2, 0.25) is 0 Å². The Labute approximate surface area is 595 Å². The molecular weight excluding hydrogens is 1280 g/mol. The van der Waals surface area contributed by atoms with Gasteiger partial charge in [-0.3, -0.25) is 37.3 Å². The van der Waals surface area contributed by atoms with Crippen LogP contribution in [-0.2, 0) is 65.4 Å². The molecule has 0 fully saturated rings. The van der Waals surface area contributed by atoms with Crippen molar-refractivity contribution in [1.29, 1.82) is 0 Å². The first kappa shape index (κ1) is 94.2. The average Bonchev–Trinajstić information content (AvgIpc) is 0.982. The second-order valence-electron chi connectivity index (χ2n) is 25.9. The Morgan fingerprint density at radius 2 is 0.520 bits per heavy atom. The van der Waals surface area contributed by atoms with Crippen LogP contribution in [0.5, 0.6) is 0 Å². The Bertz CT molecular complexity index is 2190. The molecule has 19 heteroatoms. The van der Waals surface area contributed by atoms with E-state index in [0.29, 0.717) is 32.1 Å². The average molecular weight is 1420 g/mol. The summed E-state index contributed by atoms with van der Waals surface area (Å²) in [5.74, 6) is -2.27. The van der Waals surface area contributed by atoms with Crippen LogP contribution in [0.3, 0.4) is 0 Å². The highest BCUT2D eigenvalue weighted by atomic mass is 31.2. The summed E-state index contributed by atoms with van der Waals surface area (Å²) >= 11 is 0. The van der Waals surface area contributed by atoms with Gasteiger partial charge in [-0.05, 0) is 116 Å². The molecule has 0 spiro atoms. The molecule has 0 aliphatic rings. The minimum absolute atomic E-state index is 0.0286. The van der Waals surface area contributed by atoms with Crippen LogP contribution >= 0.6 is 15.6 Å². The first-order valence-corrected chi connectivity index (χ1v) is 41.8. The number of hydrogen-bond donors (Lipinski definition) is 3. The summed E-state index contributed by atoms with van der Waals surface area (Å²) in [6.07, 6.45) is 73.0. The number of aliphatic hydroxyl groups excluding tert-OH is 1. The van der Waals surface area contributed by atoms with Crippen LogP contribution in [0.25, 0.3) is 0 Å². The maximum Gasteiger partial charge on any atom is 0.472 e. The van der Waals surface area contributed by atoms with Crippen LogP contribution in [0.15, 0.2) is 85.1 Å². The number of rotatable bonds is 73. The van der Waals surface area contributed by atoms with E-state index in [-0.39, 0.29) is 25.7 Å². The lowest BCUT2D eigenvalue weighted by molar-refractivity contribution is -0.161. The molecule has 98 heavy (non-hydrogen) atoms. The van der Waals surface area contributed by atoms with Crippen molar-refractivity contribution in [3.8, 4) is 0 Å². The zero-order valence-electron chi connectivity index (χ0n) is 62.0. The van der Waals surface area contributed by atoms with Gasteiger partial charge in [-0.15, -0.1) is 0 Å². The molecule has 5 atom stereocenters. The molecule has 0 saturated carbocycles. The summed E-state index contributed by atoms with van der Waals surface area (Å²) in [5.41, 5.74) is 0. The molecule has 0 bridgehead atoms. The summed E-state index contributed by atoms with van der Waals surface area (Å²) in [4.78, 5) is 72.8. The fourth-order valence-electron chi connectivity index (χ4n) is 10.4. The van der Waals surface area contributed by atoms with Crippen molar-refractivity contribution >= 4 is 39.5 Å². The number of carbonyl (C=O) groups excluding carboxylic acids is 4. The van der Waals surface area contributed by atoms with E-state index in [0.717, 1.165) is 122 Å². The van der Waals surface area contributed by atoms with Crippen molar-refractivity contribution in [3.63, 3.8) is 0 Å². The summed E-state index contributed by atoms with van der Waals surface area (Å²) in [6.45, 7) is 4.74. The number of hydrogen-bond acceptors (Lipinski definition) is 15. The fraction of sp³-hybridized carbons (Fsp3) is 0.772. The number of esters is 4. The summed E-state index contributed by atoms with van der Waals surface area (Å²) < 4.78 is 68.4. The van der Waals surface area contributed by atoms with E-state index in [1.54, 1.807) is 0 Å². The lowest BCUT2D eigenvalue weighted by atomic mass is 10.0. The fourth-order valence-corrected chi connectivity index (χ4v) is 11.9. The molecule has 0 saturated heterocycles. The van der Waals surface area contributed by atoms with Crippen molar-refractivity contribution in [3.05, 3.63) is 85.1 Å². The molecular formula is C79H140O17P2. The van der Waals surface area contributed by atoms with Crippen molar-refractivity contribution < 1.29 is 80.2 Å². The largest absolute Gasteiger partial charge is 0.472 e. The molecule has 0 amide bonds. The Hall–Kier alpha value is -3.76. The normalized spacial score (nSPS) is 14.4. The third kappa shape index (κ3) is 70.7. The number of carbonyl (C=O) groups is 4. The van der Waals surface area contributed by atoms with Crippen LogP contribution < -0.4 is 0 Å². The quantitative estimate of drug-likeness (QED) is 0.0169. The van der Waals surface area contributed by atoms with Crippen LogP contribution in [0.1, 0.15) is 336 Å². The van der Waals surface area contributed by atoms with Gasteiger partial charge < -0.3 is 33.8 Å². The second kappa shape index (κ2) is 71.6. The van der Waals surface area contributed by atoms with Gasteiger partial charge in [-0.2, -0.15) is 0 Å². The molecule has 17 nitrogen and oxygen atoms in total. The van der Waals surface area contributed by atoms with E-state index in [1.807, 2.05) is 18.2 Å². The number of ether oxygens (including phenoxy) is 4. The van der Waals surface area contributed by atoms with E-state index in [9.17, 15) is 43.2 Å². The Balaban J connectivity index is 5.40. The molecule has 0 aromatic rings. The zero-order valence-corrected chi connectivity index (χ0v) is 63.7. The molecule has 0 aliphatic carbocycles. The third-order valence-electron chi connectivity index (χ3n) is 16.3. The van der Waals surface area contributed by atoms with E-state index >= 15 is 0 Å². The minimum Gasteiger partial charge on any atom is -0.462 e. The Morgan fingerprint density at radius 1 is 0.286 bits per heavy atom. The van der Waals surface area contributed by atoms with Crippen molar-refractivity contribution in [1.82, 2.24) is 0 Å². The molecule has 3 N–H and O–H groups in total. The molecule has 0 aromatic carbocycles. The van der Waals surface area contributed by atoms with Crippen molar-refractivity contribution in [2.45, 2.75) is 354 Å². The van der Waals surface area contributed by atoms with Crippen molar-refractivity contribution in [2.24, 2.45) is 0 Å². The van der Waals surface area contributed by atoms with Gasteiger partial charge in [0.15, 0.2) is 12.2 Å². The third-order valence-corrected chi connectivity index (χ3v) is 18.2. The lowest BCUT2D eigenvalue weighted by Gasteiger charge is -2.21. The molecule has 2 unspecified atom stereocenters. The topological polar surface area (TPSA) is 237 Å². The highest BCUT2D eigenvalue weighted by molar-refractivity contribution is 7.47. The SMILES string of the molecule is CCCCC/C=C\C/C=C\C/C=C\C/C=C\C/C=C\CCC(=O)O[C@H](COC(=O)CCCCCCC/C=C\CCCCCC)COP(=O)(O)OC[C@@H](O)COP(=O)(O)OC[C@@H](COC(=O)CCCCCCCCCCCCCCC)OC(=O)CCCCCCC/C=C\CCCCCC. The van der Waals surface area contributed by atoms with Gasteiger partial charge in [0.1, 0.15) is 19.3 Å². The molecule has 0 rings (SSSR count). The van der Waals surface area contributed by atoms with E-state index in [4.69, 9.17) is 37.0 Å². The monoisotopic (exact) mass is 1420 g/mol. The summed E-state index contributed by atoms with van der Waals surface area (Å²) in [5, 5.41) is 10.6. The predicted octanol–water partition coefficient (Wildman–Crippen LogP) is 22.2. The maximum absolute atomic E-state index is 13.1. The highest BCUT2D eigenvalue weighted by Gasteiger charge is 2.30. The van der Waals surface area contributed by atoms with E-state index < -0.39 is 97.5 Å². The first-order chi connectivity index (χ1) is 47.7. The summed E-state index contributed by atoms with van der Waals surface area (Å²) in [6, 6.07) is 0. The van der Waals surface area contributed by atoms with Gasteiger partial charge in [0.2, 0.25) is 0 Å². The molecule has 0 aromatic heterocycles. The molecule has 0 heterocycles. The lowest BCUT2D eigenvalue weighted by Crippen LogP contribution is -2.30. The Kier molecular flexibility index (Phi) is 68.9. The number of allylic oxidation sites excluding steroid dienone is 14. The van der Waals surface area contributed by atoms with Gasteiger partial charge in [-0.1, -0.05) is 280 Å². The van der Waals surface area contributed by atoms with Crippen LogP contribution in [-0.4, -0.2) is 96.7 Å². The number of phosphoric acid groups is 2. The van der Waals surface area contributed by atoms with Gasteiger partial charge in [0.25, 0.3) is 0 Å².